The highest BCUT2D eigenvalue weighted by Crippen LogP contribution is 2.42. The molecule has 34 heavy (non-hydrogen) atoms. The molecule has 0 spiro atoms. The average Bonchev–Trinajstić information content (AvgIpc) is 2.80. The van der Waals surface area contributed by atoms with E-state index in [-0.39, 0.29) is 26.4 Å². The Hall–Kier alpha value is -3.36. The molecule has 0 aromatic heterocycles. The van der Waals surface area contributed by atoms with E-state index in [1.54, 1.807) is 14.2 Å². The largest absolute Gasteiger partial charge is 0.488 e. The van der Waals surface area contributed by atoms with E-state index in [1.807, 2.05) is 48.5 Å². The quantitative estimate of drug-likeness (QED) is 0.291. The van der Waals surface area contributed by atoms with E-state index < -0.39 is 24.1 Å². The first-order valence-corrected chi connectivity index (χ1v) is 11.0. The third kappa shape index (κ3) is 6.36. The second-order valence-electron chi connectivity index (χ2n) is 7.74. The predicted molar refractivity (Wildman–Crippen MR) is 127 cm³/mol. The molecule has 0 N–H and O–H groups in total. The molecule has 0 amide bonds. The summed E-state index contributed by atoms with van der Waals surface area (Å²) in [6.07, 6.45) is -1.09. The van der Waals surface area contributed by atoms with Crippen molar-refractivity contribution in [1.29, 1.82) is 0 Å². The minimum Gasteiger partial charge on any atom is -0.488 e. The van der Waals surface area contributed by atoms with E-state index in [0.29, 0.717) is 11.5 Å². The molecule has 8 heteroatoms. The number of ether oxygens (including phenoxy) is 6. The maximum Gasteiger partial charge on any atom is 0.303 e. The van der Waals surface area contributed by atoms with Crippen molar-refractivity contribution >= 4 is 33.5 Å². The predicted octanol–water partition coefficient (Wildman–Crippen LogP) is 3.91. The highest BCUT2D eigenvalue weighted by molar-refractivity contribution is 6.11. The molecular weight excluding hydrogens is 440 g/mol. The van der Waals surface area contributed by atoms with E-state index in [9.17, 15) is 9.59 Å². The number of rotatable bonds is 12. The first-order chi connectivity index (χ1) is 16.4. The number of hydrogen-bond acceptors (Lipinski definition) is 8. The first-order valence-electron chi connectivity index (χ1n) is 11.0. The van der Waals surface area contributed by atoms with E-state index in [0.717, 1.165) is 21.5 Å². The van der Waals surface area contributed by atoms with Crippen molar-refractivity contribution in [3.63, 3.8) is 0 Å². The van der Waals surface area contributed by atoms with Crippen LogP contribution in [0.5, 0.6) is 11.5 Å². The molecule has 3 aromatic carbocycles. The van der Waals surface area contributed by atoms with Gasteiger partial charge in [0.1, 0.15) is 24.7 Å². The van der Waals surface area contributed by atoms with Crippen LogP contribution >= 0.6 is 0 Å². The Morgan fingerprint density at radius 1 is 0.618 bits per heavy atom. The molecule has 0 aliphatic heterocycles. The average molecular weight is 471 g/mol. The molecule has 0 saturated carbocycles. The Morgan fingerprint density at radius 2 is 0.941 bits per heavy atom. The molecule has 3 aromatic rings. The molecule has 2 unspecified atom stereocenters. The molecule has 8 nitrogen and oxygen atoms in total. The van der Waals surface area contributed by atoms with Crippen molar-refractivity contribution in [2.24, 2.45) is 0 Å². The number of benzene rings is 3. The number of carbonyl (C=O) groups is 2. The summed E-state index contributed by atoms with van der Waals surface area (Å²) in [7, 11) is 3.08. The fourth-order valence-electron chi connectivity index (χ4n) is 3.79. The van der Waals surface area contributed by atoms with Crippen LogP contribution in [-0.4, -0.2) is 64.8 Å². The van der Waals surface area contributed by atoms with Gasteiger partial charge in [-0.05, 0) is 0 Å². The molecule has 0 radical (unpaired) electrons. The lowest BCUT2D eigenvalue weighted by molar-refractivity contribution is -0.151. The molecule has 0 heterocycles. The number of methoxy groups -OCH3 is 2. The monoisotopic (exact) mass is 470 g/mol. The van der Waals surface area contributed by atoms with Gasteiger partial charge in [0.25, 0.3) is 0 Å². The molecular formula is C26H30O8. The number of hydrogen-bond donors (Lipinski definition) is 0. The van der Waals surface area contributed by atoms with E-state index >= 15 is 0 Å². The van der Waals surface area contributed by atoms with Crippen LogP contribution in [-0.2, 0) is 28.5 Å². The summed E-state index contributed by atoms with van der Waals surface area (Å²) < 4.78 is 33.4. The fourth-order valence-corrected chi connectivity index (χ4v) is 3.79. The maximum absolute atomic E-state index is 11.5. The number of carbonyl (C=O) groups excluding carboxylic acids is 2. The SMILES string of the molecule is COCC(COc1c2ccccc2c(OCC(COC)OC(C)=O)c2ccccc12)OC(C)=O. The van der Waals surface area contributed by atoms with Gasteiger partial charge in [-0.15, -0.1) is 0 Å². The summed E-state index contributed by atoms with van der Waals surface area (Å²) in [5, 5.41) is 3.36. The van der Waals surface area contributed by atoms with Crippen LogP contribution < -0.4 is 9.47 Å². The van der Waals surface area contributed by atoms with Crippen LogP contribution in [0.3, 0.4) is 0 Å². The van der Waals surface area contributed by atoms with Crippen LogP contribution in [0.1, 0.15) is 13.8 Å². The molecule has 0 saturated heterocycles. The van der Waals surface area contributed by atoms with Crippen LogP contribution in [0.15, 0.2) is 48.5 Å². The summed E-state index contributed by atoms with van der Waals surface area (Å²) in [6.45, 7) is 3.40. The van der Waals surface area contributed by atoms with Crippen LogP contribution in [0.2, 0.25) is 0 Å². The highest BCUT2D eigenvalue weighted by atomic mass is 16.6. The van der Waals surface area contributed by atoms with Crippen LogP contribution in [0.4, 0.5) is 0 Å². The van der Waals surface area contributed by atoms with Gasteiger partial charge in [-0.25, -0.2) is 0 Å². The Labute approximate surface area is 198 Å². The topological polar surface area (TPSA) is 89.5 Å². The van der Waals surface area contributed by atoms with E-state index in [4.69, 9.17) is 28.4 Å². The molecule has 0 bridgehead atoms. The molecule has 0 fully saturated rings. The fraction of sp³-hybridized carbons (Fsp3) is 0.385. The van der Waals surface area contributed by atoms with Crippen molar-refractivity contribution < 1.29 is 38.0 Å². The Balaban J connectivity index is 2.00. The van der Waals surface area contributed by atoms with Crippen molar-refractivity contribution in [3.05, 3.63) is 48.5 Å². The van der Waals surface area contributed by atoms with Gasteiger partial charge >= 0.3 is 11.9 Å². The van der Waals surface area contributed by atoms with Crippen LogP contribution in [0.25, 0.3) is 21.5 Å². The molecule has 3 rings (SSSR count). The van der Waals surface area contributed by atoms with Gasteiger partial charge in [-0.3, -0.25) is 9.59 Å². The summed E-state index contributed by atoms with van der Waals surface area (Å²) >= 11 is 0. The zero-order chi connectivity index (χ0) is 24.5. The summed E-state index contributed by atoms with van der Waals surface area (Å²) in [6, 6.07) is 15.4. The summed E-state index contributed by atoms with van der Waals surface area (Å²) in [5.41, 5.74) is 0. The van der Waals surface area contributed by atoms with Crippen molar-refractivity contribution in [1.82, 2.24) is 0 Å². The Kier molecular flexibility index (Phi) is 9.07. The second kappa shape index (κ2) is 12.2. The van der Waals surface area contributed by atoms with E-state index in [1.165, 1.54) is 13.8 Å². The minimum absolute atomic E-state index is 0.129. The lowest BCUT2D eigenvalue weighted by Gasteiger charge is -2.22. The lowest BCUT2D eigenvalue weighted by Crippen LogP contribution is -2.29. The maximum atomic E-state index is 11.5. The Bertz CT molecular complexity index is 981. The van der Waals surface area contributed by atoms with Crippen molar-refractivity contribution in [3.8, 4) is 11.5 Å². The van der Waals surface area contributed by atoms with Gasteiger partial charge in [0, 0.05) is 49.6 Å². The normalized spacial score (nSPS) is 12.8. The molecule has 0 aliphatic carbocycles. The first kappa shape index (κ1) is 25.3. The second-order valence-corrected chi connectivity index (χ2v) is 7.74. The Morgan fingerprint density at radius 3 is 1.21 bits per heavy atom. The standard InChI is InChI=1S/C26H30O8/c1-17(27)33-19(13-29-3)15-31-25-21-9-5-7-11-23(21)26(24-12-8-6-10-22(24)25)32-16-20(14-30-4)34-18(2)28/h5-12,19-20H,13-16H2,1-4H3. The van der Waals surface area contributed by atoms with E-state index in [2.05, 4.69) is 0 Å². The van der Waals surface area contributed by atoms with Gasteiger partial charge in [-0.1, -0.05) is 48.5 Å². The number of esters is 2. The van der Waals surface area contributed by atoms with Crippen molar-refractivity contribution in [2.75, 3.05) is 40.6 Å². The lowest BCUT2D eigenvalue weighted by atomic mass is 10.0. The van der Waals surface area contributed by atoms with Gasteiger partial charge in [0.15, 0.2) is 12.2 Å². The van der Waals surface area contributed by atoms with Gasteiger partial charge in [0.2, 0.25) is 0 Å². The highest BCUT2D eigenvalue weighted by Gasteiger charge is 2.20. The van der Waals surface area contributed by atoms with Gasteiger partial charge in [0.05, 0.1) is 13.2 Å². The minimum atomic E-state index is -0.547. The molecule has 182 valence electrons. The summed E-state index contributed by atoms with van der Waals surface area (Å²) in [5.74, 6) is 0.505. The third-order valence-corrected chi connectivity index (χ3v) is 5.03. The third-order valence-electron chi connectivity index (χ3n) is 5.03. The summed E-state index contributed by atoms with van der Waals surface area (Å²) in [4.78, 5) is 22.9. The van der Waals surface area contributed by atoms with Gasteiger partial charge in [-0.2, -0.15) is 0 Å². The number of fused-ring (bicyclic) bond motifs is 2. The zero-order valence-corrected chi connectivity index (χ0v) is 19.9. The smallest absolute Gasteiger partial charge is 0.303 e. The van der Waals surface area contributed by atoms with Crippen LogP contribution in [0, 0.1) is 0 Å². The molecule has 0 aliphatic rings. The zero-order valence-electron chi connectivity index (χ0n) is 19.9. The van der Waals surface area contributed by atoms with Crippen molar-refractivity contribution in [2.45, 2.75) is 26.1 Å². The van der Waals surface area contributed by atoms with Gasteiger partial charge < -0.3 is 28.4 Å². The molecule has 2 atom stereocenters.